The van der Waals surface area contributed by atoms with Gasteiger partial charge in [0, 0.05) is 68.0 Å². The highest BCUT2D eigenvalue weighted by Gasteiger charge is 2.20. The number of fused-ring (bicyclic) bond motifs is 2. The molecule has 1 aliphatic rings. The minimum absolute atomic E-state index is 0.111. The van der Waals surface area contributed by atoms with E-state index in [4.69, 9.17) is 20.4 Å². The normalized spacial score (nSPS) is 12.8. The number of anilines is 1. The van der Waals surface area contributed by atoms with Crippen LogP contribution >= 0.6 is 0 Å². The molecule has 1 amide bonds. The lowest BCUT2D eigenvalue weighted by molar-refractivity contribution is -0.134. The molecule has 3 aromatic carbocycles. The van der Waals surface area contributed by atoms with Crippen molar-refractivity contribution in [1.29, 1.82) is 5.26 Å². The van der Waals surface area contributed by atoms with Gasteiger partial charge < -0.3 is 35.5 Å². The Hall–Kier alpha value is -6.66. The third-order valence-corrected chi connectivity index (χ3v) is 7.15. The number of aliphatic carboxylic acids is 4. The lowest BCUT2D eigenvalue weighted by Crippen LogP contribution is -2.47. The van der Waals surface area contributed by atoms with Crippen molar-refractivity contribution in [2.24, 2.45) is 0 Å². The molecule has 0 bridgehead atoms. The van der Waals surface area contributed by atoms with Crippen molar-refractivity contribution in [2.45, 2.75) is 6.42 Å². The van der Waals surface area contributed by atoms with Crippen LogP contribution in [0.4, 0.5) is 5.82 Å². The second kappa shape index (κ2) is 18.6. The number of carbonyl (C=O) groups is 5. The number of carboxylic acid groups (broad SMARTS) is 4. The average molecular weight is 683 g/mol. The zero-order valence-corrected chi connectivity index (χ0v) is 26.9. The maximum Gasteiger partial charge on any atom is 0.328 e. The minimum atomic E-state index is -1.26. The molecule has 1 fully saturated rings. The number of carboxylic acids is 4. The van der Waals surface area contributed by atoms with E-state index in [1.54, 1.807) is 6.07 Å². The van der Waals surface area contributed by atoms with Crippen molar-refractivity contribution in [1.82, 2.24) is 19.8 Å². The number of likely N-dealkylation sites (N-methyl/N-ethyl adjacent to an activating group) is 1. The summed E-state index contributed by atoms with van der Waals surface area (Å²) in [6.07, 6.45) is 4.59. The molecule has 1 saturated heterocycles. The summed E-state index contributed by atoms with van der Waals surface area (Å²) in [7, 11) is 2.09. The maximum atomic E-state index is 12.9. The molecule has 258 valence electrons. The topological polar surface area (TPSA) is 234 Å². The molecule has 15 heteroatoms. The predicted octanol–water partition coefficient (Wildman–Crippen LogP) is 3.12. The zero-order valence-electron chi connectivity index (χ0n) is 26.9. The van der Waals surface area contributed by atoms with Crippen molar-refractivity contribution in [3.8, 4) is 6.07 Å². The first-order valence-corrected chi connectivity index (χ1v) is 15.0. The van der Waals surface area contributed by atoms with Crippen molar-refractivity contribution >= 4 is 57.3 Å². The summed E-state index contributed by atoms with van der Waals surface area (Å²) >= 11 is 0. The Kier molecular flexibility index (Phi) is 14.1. The Morgan fingerprint density at radius 1 is 0.780 bits per heavy atom. The number of hydrogen-bond acceptors (Lipinski definition) is 10. The molecular formula is C35H34N6O9. The minimum Gasteiger partial charge on any atom is -0.478 e. The SMILES string of the molecule is CN1CCN(C(=O)c2ccc3cc(CCNc4ncnc5ccc(C#N)cc45)ccc3c2)CC1.O=C(O)/C=C\C(=O)O.O=C(O)/C=C\C(=O)O. The maximum absolute atomic E-state index is 12.9. The molecule has 1 aliphatic heterocycles. The Balaban J connectivity index is 0.000000352. The van der Waals surface area contributed by atoms with Crippen LogP contribution in [0.5, 0.6) is 0 Å². The van der Waals surface area contributed by atoms with Crippen molar-refractivity contribution in [3.63, 3.8) is 0 Å². The highest BCUT2D eigenvalue weighted by Crippen LogP contribution is 2.22. The molecule has 2 heterocycles. The van der Waals surface area contributed by atoms with Gasteiger partial charge in [0.15, 0.2) is 0 Å². The lowest BCUT2D eigenvalue weighted by Gasteiger charge is -2.32. The number of carbonyl (C=O) groups excluding carboxylic acids is 1. The summed E-state index contributed by atoms with van der Waals surface area (Å²) in [5.74, 6) is -4.19. The summed E-state index contributed by atoms with van der Waals surface area (Å²) < 4.78 is 0. The molecule has 0 radical (unpaired) electrons. The Morgan fingerprint density at radius 3 is 1.94 bits per heavy atom. The molecule has 1 aromatic heterocycles. The van der Waals surface area contributed by atoms with Gasteiger partial charge in [-0.25, -0.2) is 29.1 Å². The summed E-state index contributed by atoms with van der Waals surface area (Å²) in [6, 6.07) is 19.9. The van der Waals surface area contributed by atoms with Crippen LogP contribution in [0.15, 0.2) is 85.2 Å². The number of piperazine rings is 1. The molecule has 0 atom stereocenters. The van der Waals surface area contributed by atoms with E-state index in [2.05, 4.69) is 51.5 Å². The monoisotopic (exact) mass is 682 g/mol. The van der Waals surface area contributed by atoms with Crippen LogP contribution in [0.2, 0.25) is 0 Å². The third-order valence-electron chi connectivity index (χ3n) is 7.15. The van der Waals surface area contributed by atoms with Crippen LogP contribution in [-0.4, -0.2) is 110 Å². The van der Waals surface area contributed by atoms with E-state index < -0.39 is 23.9 Å². The number of aromatic nitrogens is 2. The fourth-order valence-electron chi connectivity index (χ4n) is 4.65. The summed E-state index contributed by atoms with van der Waals surface area (Å²) in [5.41, 5.74) is 3.35. The molecule has 50 heavy (non-hydrogen) atoms. The second-order valence-electron chi connectivity index (χ2n) is 10.8. The highest BCUT2D eigenvalue weighted by atomic mass is 16.4. The molecule has 0 saturated carbocycles. The van der Waals surface area contributed by atoms with Gasteiger partial charge in [-0.3, -0.25) is 4.79 Å². The van der Waals surface area contributed by atoms with Gasteiger partial charge in [-0.2, -0.15) is 5.26 Å². The third kappa shape index (κ3) is 12.2. The molecule has 5 rings (SSSR count). The van der Waals surface area contributed by atoms with Crippen LogP contribution < -0.4 is 5.32 Å². The lowest BCUT2D eigenvalue weighted by atomic mass is 10.0. The molecule has 0 aliphatic carbocycles. The molecule has 0 unspecified atom stereocenters. The van der Waals surface area contributed by atoms with Gasteiger partial charge in [-0.05, 0) is 60.1 Å². The molecule has 5 N–H and O–H groups in total. The van der Waals surface area contributed by atoms with Crippen LogP contribution in [0.3, 0.4) is 0 Å². The highest BCUT2D eigenvalue weighted by molar-refractivity contribution is 5.99. The molecule has 0 spiro atoms. The number of benzene rings is 3. The van der Waals surface area contributed by atoms with Crippen LogP contribution in [0.25, 0.3) is 21.7 Å². The number of nitriles is 1. The van der Waals surface area contributed by atoms with E-state index in [-0.39, 0.29) is 5.91 Å². The van der Waals surface area contributed by atoms with E-state index >= 15 is 0 Å². The fourth-order valence-corrected chi connectivity index (χ4v) is 4.65. The molecular weight excluding hydrogens is 648 g/mol. The van der Waals surface area contributed by atoms with Gasteiger partial charge in [-0.15, -0.1) is 0 Å². The van der Waals surface area contributed by atoms with Gasteiger partial charge in [0.1, 0.15) is 12.1 Å². The van der Waals surface area contributed by atoms with Gasteiger partial charge in [0.25, 0.3) is 5.91 Å². The Bertz CT molecular complexity index is 1910. The van der Waals surface area contributed by atoms with E-state index in [0.29, 0.717) is 36.4 Å². The summed E-state index contributed by atoms with van der Waals surface area (Å²) in [6.45, 7) is 4.09. The first-order chi connectivity index (χ1) is 23.9. The van der Waals surface area contributed by atoms with Gasteiger partial charge in [-0.1, -0.05) is 24.3 Å². The van der Waals surface area contributed by atoms with E-state index in [1.807, 2.05) is 35.2 Å². The number of amides is 1. The van der Waals surface area contributed by atoms with Crippen LogP contribution in [-0.2, 0) is 25.6 Å². The number of nitrogens with zero attached hydrogens (tertiary/aromatic N) is 5. The van der Waals surface area contributed by atoms with Gasteiger partial charge >= 0.3 is 23.9 Å². The van der Waals surface area contributed by atoms with E-state index in [0.717, 1.165) is 65.7 Å². The zero-order chi connectivity index (χ0) is 36.6. The van der Waals surface area contributed by atoms with Crippen LogP contribution in [0.1, 0.15) is 21.5 Å². The van der Waals surface area contributed by atoms with Gasteiger partial charge in [0.2, 0.25) is 0 Å². The first kappa shape index (κ1) is 37.8. The average Bonchev–Trinajstić information content (AvgIpc) is 3.10. The van der Waals surface area contributed by atoms with Gasteiger partial charge in [0.05, 0.1) is 17.1 Å². The molecule has 4 aromatic rings. The smallest absolute Gasteiger partial charge is 0.328 e. The predicted molar refractivity (Wildman–Crippen MR) is 183 cm³/mol. The molecule has 15 nitrogen and oxygen atoms in total. The number of nitrogens with one attached hydrogen (secondary N) is 1. The van der Waals surface area contributed by atoms with Crippen LogP contribution in [0, 0.1) is 11.3 Å². The van der Waals surface area contributed by atoms with E-state index in [9.17, 15) is 29.2 Å². The summed E-state index contributed by atoms with van der Waals surface area (Å²) in [5, 5.41) is 46.9. The Morgan fingerprint density at radius 2 is 1.36 bits per heavy atom. The number of hydrogen-bond donors (Lipinski definition) is 5. The fraction of sp³-hybridized carbons (Fsp3) is 0.200. The summed E-state index contributed by atoms with van der Waals surface area (Å²) in [4.78, 5) is 63.9. The second-order valence-corrected chi connectivity index (χ2v) is 10.8. The van der Waals surface area contributed by atoms with Crippen molar-refractivity contribution < 1.29 is 44.4 Å². The quantitative estimate of drug-likeness (QED) is 0.160. The number of rotatable bonds is 9. The largest absolute Gasteiger partial charge is 0.478 e. The van der Waals surface area contributed by atoms with Crippen molar-refractivity contribution in [3.05, 3.63) is 102 Å². The van der Waals surface area contributed by atoms with Crippen molar-refractivity contribution in [2.75, 3.05) is 45.1 Å². The standard InChI is InChI=1S/C27H26N6O.2C4H4O4/c1-32-10-12-33(13-11-32)27(34)23-6-5-21-14-19(2-4-22(21)16-23)8-9-29-26-24-15-20(17-28)3-7-25(24)30-18-31-26;2*5-3(6)1-2-4(7)8/h2-7,14-16,18H,8-13H2,1H3,(H,29,30,31);2*1-2H,(H,5,6)(H,7,8)/b;2*2-1-. The first-order valence-electron chi connectivity index (χ1n) is 15.0. The van der Waals surface area contributed by atoms with E-state index in [1.165, 1.54) is 11.9 Å². The Labute approximate surface area is 286 Å².